The summed E-state index contributed by atoms with van der Waals surface area (Å²) in [4.78, 5) is 40.6. The Bertz CT molecular complexity index is 984. The molecule has 0 saturated heterocycles. The minimum absolute atomic E-state index is 0.0248. The van der Waals surface area contributed by atoms with Gasteiger partial charge in [0.05, 0.1) is 16.9 Å². The monoisotopic (exact) mass is 473 g/mol. The van der Waals surface area contributed by atoms with Crippen molar-refractivity contribution >= 4 is 29.1 Å². The molecule has 3 rings (SSSR count). The highest BCUT2D eigenvalue weighted by Crippen LogP contribution is 2.28. The van der Waals surface area contributed by atoms with Crippen LogP contribution in [-0.4, -0.2) is 77.5 Å². The fourth-order valence-corrected chi connectivity index (χ4v) is 4.21. The molecule has 0 radical (unpaired) electrons. The number of carbonyl (C=O) groups excluding carboxylic acids is 2. The van der Waals surface area contributed by atoms with Crippen LogP contribution in [0.3, 0.4) is 0 Å². The van der Waals surface area contributed by atoms with E-state index in [1.807, 2.05) is 6.07 Å². The lowest BCUT2D eigenvalue weighted by molar-refractivity contribution is -0.122. The number of hydrogen-bond acceptors (Lipinski definition) is 6. The molecule has 1 aromatic carbocycles. The second-order valence-corrected chi connectivity index (χ2v) is 8.92. The lowest BCUT2D eigenvalue weighted by atomic mass is 10.1. The fraction of sp³-hybridized carbons (Fsp3) is 0.500. The van der Waals surface area contributed by atoms with E-state index >= 15 is 0 Å². The van der Waals surface area contributed by atoms with Crippen LogP contribution in [0.15, 0.2) is 30.7 Å². The first-order valence-electron chi connectivity index (χ1n) is 11.2. The molecule has 178 valence electrons. The molecular weight excluding hydrogens is 442 g/mol. The Morgan fingerprint density at radius 1 is 1.18 bits per heavy atom. The van der Waals surface area contributed by atoms with Gasteiger partial charge in [-0.3, -0.25) is 14.5 Å². The van der Waals surface area contributed by atoms with Crippen molar-refractivity contribution in [1.82, 2.24) is 19.8 Å². The summed E-state index contributed by atoms with van der Waals surface area (Å²) in [6, 6.07) is 5.78. The van der Waals surface area contributed by atoms with Crippen LogP contribution in [0.5, 0.6) is 0 Å². The molecule has 2 heterocycles. The van der Waals surface area contributed by atoms with E-state index in [1.165, 1.54) is 13.4 Å². The highest BCUT2D eigenvalue weighted by molar-refractivity contribution is 6.31. The highest BCUT2D eigenvalue weighted by atomic mass is 35.5. The molecule has 1 aromatic heterocycles. The zero-order valence-electron chi connectivity index (χ0n) is 19.8. The number of nitrogens with zero attached hydrogens (tertiary/aromatic N) is 5. The summed E-state index contributed by atoms with van der Waals surface area (Å²) in [5.74, 6) is -0.270. The molecule has 2 amide bonds. The average molecular weight is 474 g/mol. The van der Waals surface area contributed by atoms with E-state index in [9.17, 15) is 9.59 Å². The van der Waals surface area contributed by atoms with Crippen LogP contribution in [0, 0.1) is 6.92 Å². The Morgan fingerprint density at radius 2 is 1.97 bits per heavy atom. The van der Waals surface area contributed by atoms with Crippen molar-refractivity contribution in [2.24, 2.45) is 0 Å². The second-order valence-electron chi connectivity index (χ2n) is 8.48. The third kappa shape index (κ3) is 6.28. The number of hydrogen-bond donors (Lipinski definition) is 0. The lowest BCUT2D eigenvalue weighted by Gasteiger charge is -2.30. The number of aryl methyl sites for hydroxylation is 1. The molecule has 33 heavy (non-hydrogen) atoms. The quantitative estimate of drug-likeness (QED) is 0.678. The van der Waals surface area contributed by atoms with Crippen LogP contribution in [0.4, 0.5) is 5.69 Å². The third-order valence-electron chi connectivity index (χ3n) is 5.91. The van der Waals surface area contributed by atoms with Gasteiger partial charge in [0.2, 0.25) is 0 Å². The van der Waals surface area contributed by atoms with Gasteiger partial charge in [0.15, 0.2) is 0 Å². The van der Waals surface area contributed by atoms with E-state index in [-0.39, 0.29) is 18.4 Å². The van der Waals surface area contributed by atoms with Crippen molar-refractivity contribution in [2.75, 3.05) is 44.8 Å². The molecule has 9 heteroatoms. The average Bonchev–Trinajstić information content (AvgIpc) is 2.81. The summed E-state index contributed by atoms with van der Waals surface area (Å²) in [5, 5.41) is 0.535. The van der Waals surface area contributed by atoms with Crippen LogP contribution in [-0.2, 0) is 16.1 Å². The number of aromatic nitrogens is 2. The smallest absolute Gasteiger partial charge is 0.257 e. The highest BCUT2D eigenvalue weighted by Gasteiger charge is 2.26. The summed E-state index contributed by atoms with van der Waals surface area (Å²) < 4.78 is 5.13. The summed E-state index contributed by atoms with van der Waals surface area (Å²) in [7, 11) is 1.51. The van der Waals surface area contributed by atoms with Crippen LogP contribution in [0.1, 0.15) is 41.9 Å². The zero-order valence-corrected chi connectivity index (χ0v) is 20.5. The van der Waals surface area contributed by atoms with Crippen molar-refractivity contribution in [1.29, 1.82) is 0 Å². The van der Waals surface area contributed by atoms with Crippen molar-refractivity contribution in [3.63, 3.8) is 0 Å². The number of methoxy groups -OCH3 is 1. The molecule has 0 bridgehead atoms. The van der Waals surface area contributed by atoms with Crippen molar-refractivity contribution in [2.45, 2.75) is 39.8 Å². The predicted octanol–water partition coefficient (Wildman–Crippen LogP) is 3.17. The second kappa shape index (κ2) is 11.5. The molecular formula is C24H32ClN5O3. The Balaban J connectivity index is 2.04. The predicted molar refractivity (Wildman–Crippen MR) is 129 cm³/mol. The summed E-state index contributed by atoms with van der Waals surface area (Å²) in [6.45, 7) is 9.02. The van der Waals surface area contributed by atoms with Gasteiger partial charge in [0.1, 0.15) is 12.9 Å². The first-order valence-corrected chi connectivity index (χ1v) is 11.6. The zero-order chi connectivity index (χ0) is 24.0. The van der Waals surface area contributed by atoms with E-state index in [2.05, 4.69) is 28.7 Å². The fourth-order valence-electron chi connectivity index (χ4n) is 4.04. The Labute approximate surface area is 200 Å². The van der Waals surface area contributed by atoms with Gasteiger partial charge in [-0.15, -0.1) is 0 Å². The third-order valence-corrected chi connectivity index (χ3v) is 6.15. The maximum atomic E-state index is 13.5. The first-order chi connectivity index (χ1) is 15.8. The standard InChI is InChI=1S/C24H32ClN5O3/c1-17(2)28-8-5-9-30(23(31)15-33-4)22-12-20(25)7-6-19(22)14-29(11-10-28)24(32)21-13-26-16-27-18(21)3/h6-7,12-13,16-17H,5,8-11,14-15H2,1-4H3. The topological polar surface area (TPSA) is 78.9 Å². The normalized spacial score (nSPS) is 15.8. The number of fused-ring (bicyclic) bond motifs is 1. The maximum Gasteiger partial charge on any atom is 0.257 e. The number of carbonyl (C=O) groups is 2. The molecule has 0 spiro atoms. The largest absolute Gasteiger partial charge is 0.375 e. The molecule has 8 nitrogen and oxygen atoms in total. The Kier molecular flexibility index (Phi) is 8.77. The Hall–Kier alpha value is -2.55. The lowest BCUT2D eigenvalue weighted by Crippen LogP contribution is -2.41. The summed E-state index contributed by atoms with van der Waals surface area (Å²) in [6.07, 6.45) is 3.79. The molecule has 0 saturated carbocycles. The number of rotatable bonds is 4. The van der Waals surface area contributed by atoms with Gasteiger partial charge >= 0.3 is 0 Å². The number of benzene rings is 1. The van der Waals surface area contributed by atoms with Gasteiger partial charge < -0.3 is 14.5 Å². The van der Waals surface area contributed by atoms with E-state index in [4.69, 9.17) is 16.3 Å². The SMILES string of the molecule is COCC(=O)N1CCCN(C(C)C)CCN(C(=O)c2cncnc2C)Cc2ccc(Cl)cc21. The number of halogens is 1. The minimum atomic E-state index is -0.137. The van der Waals surface area contributed by atoms with E-state index < -0.39 is 0 Å². The Morgan fingerprint density at radius 3 is 2.67 bits per heavy atom. The first kappa shape index (κ1) is 25.1. The van der Waals surface area contributed by atoms with Gasteiger partial charge in [0.25, 0.3) is 11.8 Å². The number of anilines is 1. The van der Waals surface area contributed by atoms with Crippen LogP contribution >= 0.6 is 11.6 Å². The molecule has 2 aromatic rings. The molecule has 0 N–H and O–H groups in total. The van der Waals surface area contributed by atoms with Crippen LogP contribution < -0.4 is 4.90 Å². The van der Waals surface area contributed by atoms with Gasteiger partial charge in [-0.05, 0) is 44.9 Å². The number of ether oxygens (including phenoxy) is 1. The number of amides is 2. The molecule has 1 aliphatic rings. The molecule has 1 aliphatic heterocycles. The van der Waals surface area contributed by atoms with E-state index in [1.54, 1.807) is 35.1 Å². The summed E-state index contributed by atoms with van der Waals surface area (Å²) in [5.41, 5.74) is 2.68. The van der Waals surface area contributed by atoms with E-state index in [0.29, 0.717) is 47.6 Å². The van der Waals surface area contributed by atoms with Gasteiger partial charge in [-0.1, -0.05) is 17.7 Å². The van der Waals surface area contributed by atoms with Crippen molar-refractivity contribution in [3.05, 3.63) is 52.6 Å². The van der Waals surface area contributed by atoms with Gasteiger partial charge in [0, 0.05) is 57.1 Å². The summed E-state index contributed by atoms with van der Waals surface area (Å²) >= 11 is 6.33. The van der Waals surface area contributed by atoms with E-state index in [0.717, 1.165) is 25.1 Å². The molecule has 0 atom stereocenters. The van der Waals surface area contributed by atoms with Gasteiger partial charge in [-0.2, -0.15) is 0 Å². The van der Waals surface area contributed by atoms with Crippen molar-refractivity contribution < 1.29 is 14.3 Å². The van der Waals surface area contributed by atoms with Crippen molar-refractivity contribution in [3.8, 4) is 0 Å². The molecule has 0 fully saturated rings. The molecule has 0 aliphatic carbocycles. The minimum Gasteiger partial charge on any atom is -0.375 e. The molecule has 0 unspecified atom stereocenters. The maximum absolute atomic E-state index is 13.5. The van der Waals surface area contributed by atoms with Crippen LogP contribution in [0.25, 0.3) is 0 Å². The van der Waals surface area contributed by atoms with Crippen LogP contribution in [0.2, 0.25) is 5.02 Å². The van der Waals surface area contributed by atoms with Gasteiger partial charge in [-0.25, -0.2) is 9.97 Å².